The van der Waals surface area contributed by atoms with Crippen LogP contribution in [0.2, 0.25) is 5.02 Å². The monoisotopic (exact) mass is 427 g/mol. The second kappa shape index (κ2) is 9.05. The number of benzene rings is 2. The van der Waals surface area contributed by atoms with E-state index in [0.717, 1.165) is 0 Å². The van der Waals surface area contributed by atoms with E-state index in [1.54, 1.807) is 43.5 Å². The van der Waals surface area contributed by atoms with Gasteiger partial charge in [-0.25, -0.2) is 0 Å². The van der Waals surface area contributed by atoms with E-state index < -0.39 is 17.7 Å². The van der Waals surface area contributed by atoms with Crippen molar-refractivity contribution in [1.82, 2.24) is 4.90 Å². The lowest BCUT2D eigenvalue weighted by atomic mass is 9.95. The average molecular weight is 428 g/mol. The van der Waals surface area contributed by atoms with Gasteiger partial charge in [-0.3, -0.25) is 9.59 Å². The predicted octanol–water partition coefficient (Wildman–Crippen LogP) is 4.36. The fourth-order valence-electron chi connectivity index (χ4n) is 3.42. The van der Waals surface area contributed by atoms with Crippen LogP contribution >= 0.6 is 11.6 Å². The maximum Gasteiger partial charge on any atom is 0.295 e. The first kappa shape index (κ1) is 21.5. The number of halogens is 1. The van der Waals surface area contributed by atoms with E-state index in [-0.39, 0.29) is 17.9 Å². The number of Topliss-reactive ketones (excluding diaryl/α,β-unsaturated/α-hetero) is 1. The van der Waals surface area contributed by atoms with Gasteiger partial charge in [-0.05, 0) is 42.8 Å². The van der Waals surface area contributed by atoms with Gasteiger partial charge in [-0.2, -0.15) is 0 Å². The number of aliphatic hydroxyl groups is 1. The highest BCUT2D eigenvalue weighted by Gasteiger charge is 2.45. The molecule has 2 aromatic rings. The Balaban J connectivity index is 2.14. The highest BCUT2D eigenvalue weighted by molar-refractivity contribution is 6.46. The van der Waals surface area contributed by atoms with Gasteiger partial charge in [0.25, 0.3) is 11.7 Å². The highest BCUT2D eigenvalue weighted by atomic mass is 35.5. The lowest BCUT2D eigenvalue weighted by molar-refractivity contribution is -0.139. The average Bonchev–Trinajstić information content (AvgIpc) is 3.00. The number of ether oxygens (including phenoxy) is 2. The van der Waals surface area contributed by atoms with Crippen molar-refractivity contribution in [2.24, 2.45) is 0 Å². The van der Waals surface area contributed by atoms with Crippen molar-refractivity contribution in [2.75, 3.05) is 20.3 Å². The van der Waals surface area contributed by atoms with Crippen LogP contribution in [-0.2, 0) is 9.59 Å². The number of rotatable bonds is 7. The van der Waals surface area contributed by atoms with Gasteiger partial charge in [0.2, 0.25) is 0 Å². The molecule has 1 N–H and O–H groups in total. The Morgan fingerprint density at radius 2 is 1.93 bits per heavy atom. The van der Waals surface area contributed by atoms with Crippen molar-refractivity contribution in [1.29, 1.82) is 0 Å². The molecule has 2 aromatic carbocycles. The van der Waals surface area contributed by atoms with Gasteiger partial charge < -0.3 is 19.5 Å². The van der Waals surface area contributed by atoms with Crippen LogP contribution in [0.5, 0.6) is 11.5 Å². The third-order valence-corrected chi connectivity index (χ3v) is 5.10. The van der Waals surface area contributed by atoms with Gasteiger partial charge in [0, 0.05) is 12.1 Å². The van der Waals surface area contributed by atoms with Crippen molar-refractivity contribution in [3.8, 4) is 11.5 Å². The van der Waals surface area contributed by atoms with Gasteiger partial charge in [0.15, 0.2) is 0 Å². The smallest absolute Gasteiger partial charge is 0.295 e. The molecular weight excluding hydrogens is 406 g/mol. The number of nitrogens with zero attached hydrogens (tertiary/aromatic N) is 1. The number of hydrogen-bond acceptors (Lipinski definition) is 5. The van der Waals surface area contributed by atoms with Gasteiger partial charge in [0.05, 0.1) is 30.4 Å². The summed E-state index contributed by atoms with van der Waals surface area (Å²) in [6, 6.07) is 10.9. The molecule has 0 aliphatic carbocycles. The molecule has 0 aromatic heterocycles. The number of amides is 1. The molecule has 7 heteroatoms. The minimum Gasteiger partial charge on any atom is -0.507 e. The molecular formula is C23H22ClNO5. The summed E-state index contributed by atoms with van der Waals surface area (Å²) in [6.07, 6.45) is 1.54. The van der Waals surface area contributed by atoms with Crippen LogP contribution in [0.25, 0.3) is 5.76 Å². The SMILES string of the molecule is C=CCN1C(=O)C(=O)C(=C(O)c2ccc(OCC)c(Cl)c2)C1c1ccc(OC)cc1. The molecule has 1 fully saturated rings. The summed E-state index contributed by atoms with van der Waals surface area (Å²) >= 11 is 6.24. The zero-order chi connectivity index (χ0) is 21.8. The molecule has 0 saturated carbocycles. The van der Waals surface area contributed by atoms with E-state index in [1.165, 1.54) is 17.0 Å². The Labute approximate surface area is 180 Å². The van der Waals surface area contributed by atoms with E-state index in [0.29, 0.717) is 34.3 Å². The van der Waals surface area contributed by atoms with E-state index in [2.05, 4.69) is 6.58 Å². The summed E-state index contributed by atoms with van der Waals surface area (Å²) < 4.78 is 10.6. The van der Waals surface area contributed by atoms with Crippen LogP contribution in [0, 0.1) is 0 Å². The van der Waals surface area contributed by atoms with Crippen LogP contribution in [0.15, 0.2) is 60.7 Å². The van der Waals surface area contributed by atoms with Crippen molar-refractivity contribution in [3.63, 3.8) is 0 Å². The summed E-state index contributed by atoms with van der Waals surface area (Å²) in [5, 5.41) is 11.3. The first-order valence-corrected chi connectivity index (χ1v) is 9.76. The molecule has 6 nitrogen and oxygen atoms in total. The van der Waals surface area contributed by atoms with Crippen LogP contribution < -0.4 is 9.47 Å². The quantitative estimate of drug-likeness (QED) is 0.307. The first-order chi connectivity index (χ1) is 14.4. The Morgan fingerprint density at radius 3 is 2.50 bits per heavy atom. The van der Waals surface area contributed by atoms with Crippen molar-refractivity contribution in [2.45, 2.75) is 13.0 Å². The molecule has 3 rings (SSSR count). The maximum absolute atomic E-state index is 12.8. The van der Waals surface area contributed by atoms with Gasteiger partial charge in [-0.1, -0.05) is 29.8 Å². The minimum absolute atomic E-state index is 0.00718. The Bertz CT molecular complexity index is 1010. The van der Waals surface area contributed by atoms with Crippen LogP contribution in [0.3, 0.4) is 0 Å². The number of aliphatic hydroxyl groups excluding tert-OH is 1. The molecule has 1 unspecified atom stereocenters. The van der Waals surface area contributed by atoms with Crippen molar-refractivity contribution < 1.29 is 24.2 Å². The van der Waals surface area contributed by atoms with Crippen LogP contribution in [0.1, 0.15) is 24.1 Å². The second-order valence-electron chi connectivity index (χ2n) is 6.59. The van der Waals surface area contributed by atoms with E-state index >= 15 is 0 Å². The highest BCUT2D eigenvalue weighted by Crippen LogP contribution is 2.40. The standard InChI is InChI=1S/C23H22ClNO5/c1-4-12-25-20(14-6-9-16(29-3)10-7-14)19(22(27)23(25)28)21(26)15-8-11-18(30-5-2)17(24)13-15/h4,6-11,13,20,26H,1,5,12H2,2-3H3. The molecule has 0 radical (unpaired) electrons. The molecule has 1 aliphatic heterocycles. The van der Waals surface area contributed by atoms with Gasteiger partial charge >= 0.3 is 0 Å². The summed E-state index contributed by atoms with van der Waals surface area (Å²) in [5.41, 5.74) is 0.973. The van der Waals surface area contributed by atoms with Crippen LogP contribution in [-0.4, -0.2) is 42.0 Å². The van der Waals surface area contributed by atoms with E-state index in [1.807, 2.05) is 6.92 Å². The lowest BCUT2D eigenvalue weighted by Crippen LogP contribution is -2.29. The number of likely N-dealkylation sites (tertiary alicyclic amines) is 1. The topological polar surface area (TPSA) is 76.1 Å². The lowest BCUT2D eigenvalue weighted by Gasteiger charge is -2.24. The largest absolute Gasteiger partial charge is 0.507 e. The Hall–Kier alpha value is -3.25. The van der Waals surface area contributed by atoms with E-state index in [9.17, 15) is 14.7 Å². The Kier molecular flexibility index (Phi) is 6.47. The van der Waals surface area contributed by atoms with Gasteiger partial charge in [0.1, 0.15) is 17.3 Å². The number of methoxy groups -OCH3 is 1. The molecule has 1 heterocycles. The zero-order valence-corrected chi connectivity index (χ0v) is 17.5. The summed E-state index contributed by atoms with van der Waals surface area (Å²) in [5.74, 6) is -0.660. The van der Waals surface area contributed by atoms with E-state index in [4.69, 9.17) is 21.1 Å². The van der Waals surface area contributed by atoms with Gasteiger partial charge in [-0.15, -0.1) is 6.58 Å². The number of ketones is 1. The number of carbonyl (C=O) groups is 2. The third kappa shape index (κ3) is 3.91. The molecule has 156 valence electrons. The zero-order valence-electron chi connectivity index (χ0n) is 16.7. The second-order valence-corrected chi connectivity index (χ2v) is 7.00. The van der Waals surface area contributed by atoms with Crippen molar-refractivity contribution >= 4 is 29.1 Å². The molecule has 1 saturated heterocycles. The molecule has 0 bridgehead atoms. The van der Waals surface area contributed by atoms with Crippen molar-refractivity contribution in [3.05, 3.63) is 76.8 Å². The molecule has 30 heavy (non-hydrogen) atoms. The van der Waals surface area contributed by atoms with Crippen LogP contribution in [0.4, 0.5) is 0 Å². The normalized spacial score (nSPS) is 17.8. The summed E-state index contributed by atoms with van der Waals surface area (Å²) in [7, 11) is 1.55. The fraction of sp³-hybridized carbons (Fsp3) is 0.217. The number of carbonyl (C=O) groups excluding carboxylic acids is 2. The summed E-state index contributed by atoms with van der Waals surface area (Å²) in [4.78, 5) is 26.9. The molecule has 1 atom stereocenters. The number of hydrogen-bond donors (Lipinski definition) is 1. The maximum atomic E-state index is 12.8. The predicted molar refractivity (Wildman–Crippen MR) is 115 cm³/mol. The fourth-order valence-corrected chi connectivity index (χ4v) is 3.65. The minimum atomic E-state index is -0.765. The third-order valence-electron chi connectivity index (χ3n) is 4.80. The summed E-state index contributed by atoms with van der Waals surface area (Å²) in [6.45, 7) is 6.10. The molecule has 1 aliphatic rings. The molecule has 0 spiro atoms. The Morgan fingerprint density at radius 1 is 1.23 bits per heavy atom. The first-order valence-electron chi connectivity index (χ1n) is 9.38. The molecule has 1 amide bonds.